The van der Waals surface area contributed by atoms with Crippen molar-refractivity contribution in [3.05, 3.63) is 21.9 Å². The van der Waals surface area contributed by atoms with Gasteiger partial charge >= 0.3 is 11.9 Å². The molecule has 2 unspecified atom stereocenters. The number of cyclic esters (lactones) is 2. The number of rotatable bonds is 2. The molecular formula is C22H24O4S. The van der Waals surface area contributed by atoms with Crippen molar-refractivity contribution in [2.75, 3.05) is 0 Å². The topological polar surface area (TPSA) is 52.6 Å². The molecule has 0 amide bonds. The summed E-state index contributed by atoms with van der Waals surface area (Å²) in [5.41, 5.74) is 0.955. The van der Waals surface area contributed by atoms with Gasteiger partial charge in [-0.05, 0) is 27.7 Å². The second-order valence-electron chi connectivity index (χ2n) is 8.37. The quantitative estimate of drug-likeness (QED) is 0.573. The molecule has 2 aliphatic rings. The maximum atomic E-state index is 11.8. The molecule has 5 heteroatoms. The van der Waals surface area contributed by atoms with Crippen molar-refractivity contribution >= 4 is 23.3 Å². The van der Waals surface area contributed by atoms with Crippen molar-refractivity contribution in [3.63, 3.8) is 0 Å². The summed E-state index contributed by atoms with van der Waals surface area (Å²) < 4.78 is 10.7. The number of hydrogen-bond donors (Lipinski definition) is 0. The highest BCUT2D eigenvalue weighted by Crippen LogP contribution is 2.33. The van der Waals surface area contributed by atoms with Gasteiger partial charge in [0, 0.05) is 36.4 Å². The van der Waals surface area contributed by atoms with E-state index in [1.807, 2.05) is 38.5 Å². The van der Waals surface area contributed by atoms with Crippen molar-refractivity contribution in [3.8, 4) is 23.7 Å². The molecule has 0 saturated carbocycles. The van der Waals surface area contributed by atoms with E-state index in [1.54, 1.807) is 11.3 Å². The number of hydrogen-bond acceptors (Lipinski definition) is 5. The van der Waals surface area contributed by atoms with Gasteiger partial charge in [-0.3, -0.25) is 9.59 Å². The number of carbonyl (C=O) groups excluding carboxylic acids is 2. The molecule has 27 heavy (non-hydrogen) atoms. The maximum absolute atomic E-state index is 11.8. The highest BCUT2D eigenvalue weighted by atomic mass is 32.1. The van der Waals surface area contributed by atoms with Crippen LogP contribution in [0.4, 0.5) is 0 Å². The van der Waals surface area contributed by atoms with E-state index < -0.39 is 11.2 Å². The normalized spacial score (nSPS) is 25.0. The van der Waals surface area contributed by atoms with Crippen LogP contribution < -0.4 is 0 Å². The van der Waals surface area contributed by atoms with Crippen molar-refractivity contribution < 1.29 is 19.1 Å². The summed E-state index contributed by atoms with van der Waals surface area (Å²) in [6.45, 7) is 7.69. The van der Waals surface area contributed by atoms with E-state index in [9.17, 15) is 9.59 Å². The zero-order valence-electron chi connectivity index (χ0n) is 16.2. The van der Waals surface area contributed by atoms with Crippen LogP contribution in [0.3, 0.4) is 0 Å². The lowest BCUT2D eigenvalue weighted by Crippen LogP contribution is -2.17. The van der Waals surface area contributed by atoms with Gasteiger partial charge in [0.2, 0.25) is 0 Å². The highest BCUT2D eigenvalue weighted by Gasteiger charge is 2.40. The minimum atomic E-state index is -0.390. The third-order valence-corrected chi connectivity index (χ3v) is 5.44. The standard InChI is InChI=1S/C22H24O4S/c1-21(2)11-15(19(23)25-21)7-5-9-17-13-27-14-18(17)10-6-8-16-12-22(3,4)26-20(16)24/h13-16H,7-8,11-12H2,1-4H3. The molecule has 2 saturated heterocycles. The number of esters is 2. The fourth-order valence-electron chi connectivity index (χ4n) is 3.49. The van der Waals surface area contributed by atoms with E-state index in [0.29, 0.717) is 25.7 Å². The van der Waals surface area contributed by atoms with E-state index in [1.165, 1.54) is 0 Å². The van der Waals surface area contributed by atoms with Gasteiger partial charge in [-0.2, -0.15) is 0 Å². The Balaban J connectivity index is 1.60. The smallest absolute Gasteiger partial charge is 0.310 e. The first-order chi connectivity index (χ1) is 12.7. The first-order valence-corrected chi connectivity index (χ1v) is 10.1. The van der Waals surface area contributed by atoms with Crippen molar-refractivity contribution in [2.45, 2.75) is 64.6 Å². The number of carbonyl (C=O) groups is 2. The molecule has 1 aromatic heterocycles. The van der Waals surface area contributed by atoms with Crippen LogP contribution in [0.5, 0.6) is 0 Å². The first kappa shape index (κ1) is 19.5. The Labute approximate surface area is 164 Å². The van der Waals surface area contributed by atoms with Gasteiger partial charge in [-0.15, -0.1) is 11.3 Å². The molecule has 3 rings (SSSR count). The van der Waals surface area contributed by atoms with Crippen molar-refractivity contribution in [2.24, 2.45) is 11.8 Å². The fourth-order valence-corrected chi connectivity index (χ4v) is 4.20. The third-order valence-electron chi connectivity index (χ3n) is 4.70. The fraction of sp³-hybridized carbons (Fsp3) is 0.545. The molecule has 0 aromatic carbocycles. The van der Waals surface area contributed by atoms with Crippen LogP contribution in [0.25, 0.3) is 0 Å². The van der Waals surface area contributed by atoms with E-state index >= 15 is 0 Å². The molecule has 142 valence electrons. The zero-order chi connectivity index (χ0) is 19.7. The summed E-state index contributed by atoms with van der Waals surface area (Å²) in [5, 5.41) is 3.92. The van der Waals surface area contributed by atoms with Gasteiger partial charge in [0.05, 0.1) is 23.0 Å². The van der Waals surface area contributed by atoms with E-state index in [0.717, 1.165) is 11.1 Å². The molecule has 2 aliphatic heterocycles. The van der Waals surface area contributed by atoms with Gasteiger partial charge in [-0.25, -0.2) is 0 Å². The average Bonchev–Trinajstić information content (AvgIpc) is 3.16. The Bertz CT molecular complexity index is 799. The Morgan fingerprint density at radius 1 is 0.889 bits per heavy atom. The summed E-state index contributed by atoms with van der Waals surface area (Å²) in [7, 11) is 0. The zero-order valence-corrected chi connectivity index (χ0v) is 17.0. The minimum Gasteiger partial charge on any atom is -0.459 e. The van der Waals surface area contributed by atoms with Crippen LogP contribution in [-0.4, -0.2) is 23.1 Å². The summed E-state index contributed by atoms with van der Waals surface area (Å²) in [6.07, 6.45) is 2.39. The molecule has 2 atom stereocenters. The molecule has 0 bridgehead atoms. The number of thiophene rings is 1. The van der Waals surface area contributed by atoms with Gasteiger partial charge < -0.3 is 9.47 Å². The molecule has 0 spiro atoms. The summed E-state index contributed by atoms with van der Waals surface area (Å²) in [5.74, 6) is 11.8. The van der Waals surface area contributed by atoms with Gasteiger partial charge in [0.25, 0.3) is 0 Å². The minimum absolute atomic E-state index is 0.155. The lowest BCUT2D eigenvalue weighted by Gasteiger charge is -2.14. The summed E-state index contributed by atoms with van der Waals surface area (Å²) >= 11 is 1.54. The highest BCUT2D eigenvalue weighted by molar-refractivity contribution is 7.08. The second kappa shape index (κ2) is 7.41. The molecular weight excluding hydrogens is 360 g/mol. The van der Waals surface area contributed by atoms with Crippen LogP contribution in [0.2, 0.25) is 0 Å². The predicted octanol–water partition coefficient (Wildman–Crippen LogP) is 3.91. The van der Waals surface area contributed by atoms with Crippen LogP contribution in [-0.2, 0) is 19.1 Å². The molecule has 4 nitrogen and oxygen atoms in total. The Kier molecular flexibility index (Phi) is 5.36. The van der Waals surface area contributed by atoms with Gasteiger partial charge in [0.15, 0.2) is 0 Å². The maximum Gasteiger partial charge on any atom is 0.310 e. The molecule has 2 fully saturated rings. The van der Waals surface area contributed by atoms with Crippen molar-refractivity contribution in [1.82, 2.24) is 0 Å². The second-order valence-corrected chi connectivity index (χ2v) is 9.12. The summed E-state index contributed by atoms with van der Waals surface area (Å²) in [6, 6.07) is 0. The molecule has 1 aromatic rings. The largest absolute Gasteiger partial charge is 0.459 e. The van der Waals surface area contributed by atoms with Crippen LogP contribution in [0.1, 0.15) is 64.5 Å². The lowest BCUT2D eigenvalue weighted by atomic mass is 9.95. The molecule has 0 radical (unpaired) electrons. The van der Waals surface area contributed by atoms with Crippen LogP contribution in [0.15, 0.2) is 10.8 Å². The van der Waals surface area contributed by atoms with Crippen LogP contribution in [0, 0.1) is 35.5 Å². The van der Waals surface area contributed by atoms with Gasteiger partial charge in [0.1, 0.15) is 11.2 Å². The van der Waals surface area contributed by atoms with E-state index in [-0.39, 0.29) is 23.8 Å². The Hall–Kier alpha value is -2.24. The monoisotopic (exact) mass is 384 g/mol. The SMILES string of the molecule is CC1(C)CC(CC#Cc2cscc2C#CCC2CC(C)(C)OC2=O)C(=O)O1. The molecule has 3 heterocycles. The predicted molar refractivity (Wildman–Crippen MR) is 104 cm³/mol. The van der Waals surface area contributed by atoms with Crippen LogP contribution >= 0.6 is 11.3 Å². The Morgan fingerprint density at radius 2 is 1.30 bits per heavy atom. The number of ether oxygens (including phenoxy) is 2. The molecule has 0 aliphatic carbocycles. The molecule has 0 N–H and O–H groups in total. The van der Waals surface area contributed by atoms with Crippen molar-refractivity contribution in [1.29, 1.82) is 0 Å². The van der Waals surface area contributed by atoms with Gasteiger partial charge in [-0.1, -0.05) is 23.7 Å². The Morgan fingerprint density at radius 3 is 1.63 bits per heavy atom. The van der Waals surface area contributed by atoms with E-state index in [4.69, 9.17) is 9.47 Å². The van der Waals surface area contributed by atoms with E-state index in [2.05, 4.69) is 23.7 Å². The first-order valence-electron chi connectivity index (χ1n) is 9.15. The lowest BCUT2D eigenvalue weighted by molar-refractivity contribution is -0.149. The third kappa shape index (κ3) is 4.93. The summed E-state index contributed by atoms with van der Waals surface area (Å²) in [4.78, 5) is 23.7. The average molecular weight is 384 g/mol.